The molecular weight excluding hydrogens is 215 g/mol. The van der Waals surface area contributed by atoms with Gasteiger partial charge in [0.25, 0.3) is 0 Å². The minimum atomic E-state index is -0.366. The fourth-order valence-electron chi connectivity index (χ4n) is 1.41. The Kier molecular flexibility index (Phi) is 2.60. The normalized spacial score (nSPS) is 10.3. The molecule has 0 aliphatic carbocycles. The molecule has 2 rings (SSSR count). The van der Waals surface area contributed by atoms with E-state index in [4.69, 9.17) is 11.6 Å². The molecule has 76 valence electrons. The number of hydrogen-bond acceptors (Lipinski definition) is 1. The lowest BCUT2D eigenvalue weighted by atomic mass is 10.0. The summed E-state index contributed by atoms with van der Waals surface area (Å²) in [5.74, 6) is -0.386. The van der Waals surface area contributed by atoms with Gasteiger partial charge in [0.2, 0.25) is 0 Å². The number of halogens is 2. The lowest BCUT2D eigenvalue weighted by Crippen LogP contribution is -1.84. The van der Waals surface area contributed by atoms with E-state index in [1.54, 1.807) is 30.3 Å². The Labute approximate surface area is 91.8 Å². The van der Waals surface area contributed by atoms with Gasteiger partial charge in [0, 0.05) is 16.1 Å². The van der Waals surface area contributed by atoms with Crippen LogP contribution in [0.3, 0.4) is 0 Å². The van der Waals surface area contributed by atoms with E-state index in [0.29, 0.717) is 16.1 Å². The number of benzene rings is 2. The smallest absolute Gasteiger partial charge is 0.131 e. The van der Waals surface area contributed by atoms with Crippen LogP contribution in [0.5, 0.6) is 5.75 Å². The Hall–Kier alpha value is -1.54. The Balaban J connectivity index is 2.60. The molecule has 0 spiro atoms. The maximum atomic E-state index is 13.4. The molecule has 2 aromatic carbocycles. The predicted molar refractivity (Wildman–Crippen MR) is 58.5 cm³/mol. The van der Waals surface area contributed by atoms with Crippen molar-refractivity contribution >= 4 is 11.6 Å². The zero-order valence-electron chi connectivity index (χ0n) is 7.74. The van der Waals surface area contributed by atoms with Crippen LogP contribution in [0.25, 0.3) is 11.1 Å². The third-order valence-corrected chi connectivity index (χ3v) is 2.36. The average molecular weight is 223 g/mol. The fraction of sp³-hybridized carbons (Fsp3) is 0. The van der Waals surface area contributed by atoms with Gasteiger partial charge in [0.15, 0.2) is 0 Å². The van der Waals surface area contributed by atoms with E-state index in [1.807, 2.05) is 0 Å². The molecule has 0 fully saturated rings. The SMILES string of the molecule is Oc1cc(Cl)ccc1-c1ccccc1F. The van der Waals surface area contributed by atoms with Crippen LogP contribution in [0, 0.1) is 5.82 Å². The molecular formula is C12H8ClFO. The third kappa shape index (κ3) is 1.95. The van der Waals surface area contributed by atoms with E-state index in [0.717, 1.165) is 0 Å². The van der Waals surface area contributed by atoms with Gasteiger partial charge in [-0.3, -0.25) is 0 Å². The molecule has 3 heteroatoms. The molecule has 0 unspecified atom stereocenters. The Morgan fingerprint density at radius 1 is 1.00 bits per heavy atom. The highest BCUT2D eigenvalue weighted by Crippen LogP contribution is 2.32. The molecule has 0 heterocycles. The van der Waals surface area contributed by atoms with Gasteiger partial charge in [-0.25, -0.2) is 4.39 Å². The Bertz CT molecular complexity index is 497. The van der Waals surface area contributed by atoms with Gasteiger partial charge < -0.3 is 5.11 Å². The molecule has 0 atom stereocenters. The molecule has 0 saturated heterocycles. The van der Waals surface area contributed by atoms with Gasteiger partial charge >= 0.3 is 0 Å². The van der Waals surface area contributed by atoms with Crippen molar-refractivity contribution in [2.24, 2.45) is 0 Å². The van der Waals surface area contributed by atoms with Crippen LogP contribution >= 0.6 is 11.6 Å². The quantitative estimate of drug-likeness (QED) is 0.777. The lowest BCUT2D eigenvalue weighted by Gasteiger charge is -2.05. The second kappa shape index (κ2) is 3.91. The van der Waals surface area contributed by atoms with Crippen molar-refractivity contribution in [3.63, 3.8) is 0 Å². The number of rotatable bonds is 1. The number of aromatic hydroxyl groups is 1. The molecule has 15 heavy (non-hydrogen) atoms. The monoisotopic (exact) mass is 222 g/mol. The summed E-state index contributed by atoms with van der Waals surface area (Å²) in [5, 5.41) is 10.0. The van der Waals surface area contributed by atoms with E-state index in [9.17, 15) is 9.50 Å². The molecule has 0 aliphatic heterocycles. The summed E-state index contributed by atoms with van der Waals surface area (Å²) in [6.07, 6.45) is 0. The third-order valence-electron chi connectivity index (χ3n) is 2.12. The van der Waals surface area contributed by atoms with Crippen molar-refractivity contribution in [3.05, 3.63) is 53.3 Å². The zero-order chi connectivity index (χ0) is 10.8. The summed E-state index contributed by atoms with van der Waals surface area (Å²) in [5.41, 5.74) is 0.809. The van der Waals surface area contributed by atoms with Crippen LogP contribution in [0.4, 0.5) is 4.39 Å². The first-order chi connectivity index (χ1) is 7.18. The van der Waals surface area contributed by atoms with Crippen LogP contribution in [-0.4, -0.2) is 5.11 Å². The van der Waals surface area contributed by atoms with Gasteiger partial charge in [0.1, 0.15) is 11.6 Å². The summed E-state index contributed by atoms with van der Waals surface area (Å²) in [6, 6.07) is 10.9. The number of hydrogen-bond donors (Lipinski definition) is 1. The van der Waals surface area contributed by atoms with Crippen molar-refractivity contribution in [1.29, 1.82) is 0 Å². The minimum absolute atomic E-state index is 0.0207. The van der Waals surface area contributed by atoms with E-state index >= 15 is 0 Å². The largest absolute Gasteiger partial charge is 0.507 e. The van der Waals surface area contributed by atoms with E-state index < -0.39 is 0 Å². The van der Waals surface area contributed by atoms with Gasteiger partial charge in [-0.05, 0) is 24.3 Å². The molecule has 0 bridgehead atoms. The molecule has 1 nitrogen and oxygen atoms in total. The molecule has 0 saturated carbocycles. The molecule has 2 aromatic rings. The number of phenolic OH excluding ortho intramolecular Hbond substituents is 1. The van der Waals surface area contributed by atoms with Crippen molar-refractivity contribution in [3.8, 4) is 16.9 Å². The highest BCUT2D eigenvalue weighted by Gasteiger charge is 2.08. The molecule has 0 amide bonds. The van der Waals surface area contributed by atoms with Crippen molar-refractivity contribution in [1.82, 2.24) is 0 Å². The first-order valence-electron chi connectivity index (χ1n) is 4.42. The second-order valence-corrected chi connectivity index (χ2v) is 3.58. The fourth-order valence-corrected chi connectivity index (χ4v) is 1.58. The number of phenols is 1. The summed E-state index contributed by atoms with van der Waals surface area (Å²) >= 11 is 5.69. The standard InChI is InChI=1S/C12H8ClFO/c13-8-5-6-10(12(15)7-8)9-3-1-2-4-11(9)14/h1-7,15H. The first-order valence-corrected chi connectivity index (χ1v) is 4.79. The molecule has 0 aromatic heterocycles. The zero-order valence-corrected chi connectivity index (χ0v) is 8.50. The second-order valence-electron chi connectivity index (χ2n) is 3.14. The van der Waals surface area contributed by atoms with Crippen molar-refractivity contribution in [2.75, 3.05) is 0 Å². The summed E-state index contributed by atoms with van der Waals surface area (Å²) < 4.78 is 13.4. The van der Waals surface area contributed by atoms with E-state index in [-0.39, 0.29) is 11.6 Å². The Morgan fingerprint density at radius 3 is 2.40 bits per heavy atom. The van der Waals surface area contributed by atoms with Gasteiger partial charge in [-0.2, -0.15) is 0 Å². The lowest BCUT2D eigenvalue weighted by molar-refractivity contribution is 0.477. The maximum Gasteiger partial charge on any atom is 0.131 e. The maximum absolute atomic E-state index is 13.4. The highest BCUT2D eigenvalue weighted by atomic mass is 35.5. The molecule has 0 radical (unpaired) electrons. The van der Waals surface area contributed by atoms with E-state index in [2.05, 4.69) is 0 Å². The van der Waals surface area contributed by atoms with Crippen LogP contribution < -0.4 is 0 Å². The molecule has 1 N–H and O–H groups in total. The Morgan fingerprint density at radius 2 is 1.73 bits per heavy atom. The topological polar surface area (TPSA) is 20.2 Å². The predicted octanol–water partition coefficient (Wildman–Crippen LogP) is 3.85. The van der Waals surface area contributed by atoms with Gasteiger partial charge in [-0.15, -0.1) is 0 Å². The molecule has 0 aliphatic rings. The first kappa shape index (κ1) is 9.99. The van der Waals surface area contributed by atoms with Crippen LogP contribution in [-0.2, 0) is 0 Å². The minimum Gasteiger partial charge on any atom is -0.507 e. The summed E-state index contributed by atoms with van der Waals surface area (Å²) in [6.45, 7) is 0. The van der Waals surface area contributed by atoms with Crippen molar-refractivity contribution in [2.45, 2.75) is 0 Å². The van der Waals surface area contributed by atoms with Crippen molar-refractivity contribution < 1.29 is 9.50 Å². The van der Waals surface area contributed by atoms with Crippen LogP contribution in [0.1, 0.15) is 0 Å². The average Bonchev–Trinajstić information content (AvgIpc) is 2.20. The van der Waals surface area contributed by atoms with E-state index in [1.165, 1.54) is 12.1 Å². The van der Waals surface area contributed by atoms with Crippen LogP contribution in [0.15, 0.2) is 42.5 Å². The van der Waals surface area contributed by atoms with Crippen LogP contribution in [0.2, 0.25) is 5.02 Å². The van der Waals surface area contributed by atoms with Gasteiger partial charge in [-0.1, -0.05) is 29.8 Å². The van der Waals surface area contributed by atoms with Gasteiger partial charge in [0.05, 0.1) is 0 Å². The highest BCUT2D eigenvalue weighted by molar-refractivity contribution is 6.30. The summed E-state index contributed by atoms with van der Waals surface area (Å²) in [7, 11) is 0. The summed E-state index contributed by atoms with van der Waals surface area (Å²) in [4.78, 5) is 0.